The minimum atomic E-state index is -5.22. The maximum atomic E-state index is 13.5. The largest absolute Gasteiger partial charge is 0.466 e. The molecule has 124 valence electrons. The van der Waals surface area contributed by atoms with Crippen LogP contribution in [0, 0.1) is 0 Å². The van der Waals surface area contributed by atoms with Crippen LogP contribution in [0.5, 0.6) is 0 Å². The van der Waals surface area contributed by atoms with E-state index in [1.807, 2.05) is 0 Å². The number of carbonyl (C=O) groups excluding carboxylic acids is 1. The molecule has 0 radical (unpaired) electrons. The van der Waals surface area contributed by atoms with Gasteiger partial charge in [-0.1, -0.05) is 30.3 Å². The van der Waals surface area contributed by atoms with Gasteiger partial charge in [0.2, 0.25) is 0 Å². The van der Waals surface area contributed by atoms with Crippen LogP contribution in [-0.2, 0) is 15.1 Å². The summed E-state index contributed by atoms with van der Waals surface area (Å²) in [6.07, 6.45) is -5.22. The molecule has 0 heterocycles. The van der Waals surface area contributed by atoms with Gasteiger partial charge in [0.15, 0.2) is 0 Å². The molecular weight excluding hydrogens is 311 g/mol. The van der Waals surface area contributed by atoms with Gasteiger partial charge in [0.1, 0.15) is 0 Å². The maximum absolute atomic E-state index is 13.5. The normalized spacial score (nSPS) is 14.4. The van der Waals surface area contributed by atoms with Gasteiger partial charge in [-0.15, -0.1) is 0 Å². The molecule has 4 nitrogen and oxygen atoms in total. The number of ether oxygens (including phenoxy) is 1. The smallest absolute Gasteiger partial charge is 0.432 e. The maximum Gasteiger partial charge on any atom is 0.432 e. The fourth-order valence-electron chi connectivity index (χ4n) is 2.51. The van der Waals surface area contributed by atoms with Crippen molar-refractivity contribution in [2.24, 2.45) is 0 Å². The first-order chi connectivity index (χ1) is 10.6. The van der Waals surface area contributed by atoms with E-state index in [1.54, 1.807) is 37.2 Å². The molecular formula is C16H16F3NO3. The molecule has 0 aliphatic heterocycles. The number of halogens is 3. The molecule has 2 aromatic rings. The first kappa shape index (κ1) is 17.1. The van der Waals surface area contributed by atoms with Crippen molar-refractivity contribution in [3.63, 3.8) is 0 Å². The second-order valence-electron chi connectivity index (χ2n) is 5.27. The Bertz CT molecular complexity index is 743. The highest BCUT2D eigenvalue weighted by Crippen LogP contribution is 2.44. The van der Waals surface area contributed by atoms with Crippen molar-refractivity contribution < 1.29 is 27.8 Å². The van der Waals surface area contributed by atoms with Crippen molar-refractivity contribution in [1.82, 2.24) is 0 Å². The van der Waals surface area contributed by atoms with E-state index < -0.39 is 23.3 Å². The number of nitrogens with zero attached hydrogens (tertiary/aromatic N) is 1. The summed E-state index contributed by atoms with van der Waals surface area (Å²) in [5.74, 6) is -1.77. The Morgan fingerprint density at radius 1 is 1.09 bits per heavy atom. The molecule has 0 saturated carbocycles. The molecule has 0 aliphatic rings. The summed E-state index contributed by atoms with van der Waals surface area (Å²) in [5.41, 5.74) is -3.62. The molecule has 1 atom stereocenters. The number of carbonyl (C=O) groups is 1. The zero-order chi connectivity index (χ0) is 17.4. The van der Waals surface area contributed by atoms with Crippen molar-refractivity contribution in [1.29, 1.82) is 0 Å². The fraction of sp³-hybridized carbons (Fsp3) is 0.312. The van der Waals surface area contributed by atoms with Gasteiger partial charge >= 0.3 is 12.1 Å². The van der Waals surface area contributed by atoms with Crippen LogP contribution < -0.4 is 4.90 Å². The van der Waals surface area contributed by atoms with Gasteiger partial charge in [0.25, 0.3) is 5.60 Å². The van der Waals surface area contributed by atoms with Gasteiger partial charge in [0.05, 0.1) is 7.11 Å². The van der Waals surface area contributed by atoms with Crippen LogP contribution in [0.15, 0.2) is 36.4 Å². The molecule has 2 aromatic carbocycles. The van der Waals surface area contributed by atoms with E-state index in [1.165, 1.54) is 12.1 Å². The molecule has 0 saturated heterocycles. The van der Waals surface area contributed by atoms with E-state index in [0.29, 0.717) is 11.1 Å². The highest BCUT2D eigenvalue weighted by atomic mass is 19.4. The average molecular weight is 327 g/mol. The Morgan fingerprint density at radius 2 is 1.65 bits per heavy atom. The molecule has 23 heavy (non-hydrogen) atoms. The first-order valence-corrected chi connectivity index (χ1v) is 6.71. The van der Waals surface area contributed by atoms with E-state index in [0.717, 1.165) is 13.2 Å². The third-order valence-electron chi connectivity index (χ3n) is 3.66. The van der Waals surface area contributed by atoms with Crippen molar-refractivity contribution >= 4 is 22.4 Å². The van der Waals surface area contributed by atoms with Crippen LogP contribution in [0.2, 0.25) is 0 Å². The zero-order valence-electron chi connectivity index (χ0n) is 12.8. The van der Waals surface area contributed by atoms with Crippen LogP contribution in [0.4, 0.5) is 18.9 Å². The predicted octanol–water partition coefficient (Wildman–Crippen LogP) is 2.83. The summed E-state index contributed by atoms with van der Waals surface area (Å²) >= 11 is 0. The molecule has 0 bridgehead atoms. The molecule has 2 rings (SSSR count). The Balaban J connectivity index is 2.86. The third kappa shape index (κ3) is 2.61. The summed E-state index contributed by atoms with van der Waals surface area (Å²) in [7, 11) is 4.30. The topological polar surface area (TPSA) is 49.8 Å². The highest BCUT2D eigenvalue weighted by molar-refractivity contribution is 6.00. The molecule has 1 N–H and O–H groups in total. The first-order valence-electron chi connectivity index (χ1n) is 6.71. The number of aliphatic hydroxyl groups is 1. The summed E-state index contributed by atoms with van der Waals surface area (Å²) < 4.78 is 44.6. The minimum absolute atomic E-state index is 0.129. The Labute approximate surface area is 131 Å². The number of hydrogen-bond donors (Lipinski definition) is 1. The number of alkyl halides is 3. The number of hydrogen-bond acceptors (Lipinski definition) is 4. The molecule has 0 fully saturated rings. The fourth-order valence-corrected chi connectivity index (χ4v) is 2.51. The lowest BCUT2D eigenvalue weighted by Crippen LogP contribution is -2.50. The number of fused-ring (bicyclic) bond motifs is 1. The predicted molar refractivity (Wildman–Crippen MR) is 80.2 cm³/mol. The van der Waals surface area contributed by atoms with E-state index >= 15 is 0 Å². The van der Waals surface area contributed by atoms with Crippen molar-refractivity contribution in [3.8, 4) is 0 Å². The van der Waals surface area contributed by atoms with Crippen LogP contribution in [0.25, 0.3) is 10.8 Å². The van der Waals surface area contributed by atoms with Crippen molar-refractivity contribution in [2.45, 2.75) is 11.8 Å². The second kappa shape index (κ2) is 5.73. The Morgan fingerprint density at radius 3 is 2.13 bits per heavy atom. The lowest BCUT2D eigenvalue weighted by Gasteiger charge is -2.30. The molecule has 0 amide bonds. The van der Waals surface area contributed by atoms with Gasteiger partial charge in [-0.25, -0.2) is 4.79 Å². The van der Waals surface area contributed by atoms with Gasteiger partial charge in [-0.3, -0.25) is 0 Å². The monoisotopic (exact) mass is 327 g/mol. The number of benzene rings is 2. The zero-order valence-corrected chi connectivity index (χ0v) is 12.8. The van der Waals surface area contributed by atoms with Crippen LogP contribution in [0.3, 0.4) is 0 Å². The molecule has 0 spiro atoms. The van der Waals surface area contributed by atoms with Gasteiger partial charge in [-0.05, 0) is 11.5 Å². The molecule has 0 aliphatic carbocycles. The van der Waals surface area contributed by atoms with E-state index in [2.05, 4.69) is 4.74 Å². The van der Waals surface area contributed by atoms with Crippen molar-refractivity contribution in [3.05, 3.63) is 42.0 Å². The van der Waals surface area contributed by atoms with Crippen LogP contribution in [0.1, 0.15) is 5.56 Å². The van der Waals surface area contributed by atoms with Gasteiger partial charge in [0, 0.05) is 30.7 Å². The Hall–Kier alpha value is -2.28. The lowest BCUT2D eigenvalue weighted by molar-refractivity contribution is -0.266. The van der Waals surface area contributed by atoms with E-state index in [9.17, 15) is 23.1 Å². The second-order valence-corrected chi connectivity index (χ2v) is 5.27. The summed E-state index contributed by atoms with van der Waals surface area (Å²) in [4.78, 5) is 13.5. The third-order valence-corrected chi connectivity index (χ3v) is 3.66. The average Bonchev–Trinajstić information content (AvgIpc) is 2.50. The molecule has 1 unspecified atom stereocenters. The quantitative estimate of drug-likeness (QED) is 0.881. The van der Waals surface area contributed by atoms with Gasteiger partial charge in [-0.2, -0.15) is 13.2 Å². The summed E-state index contributed by atoms with van der Waals surface area (Å²) in [6.45, 7) is 0. The number of anilines is 1. The lowest BCUT2D eigenvalue weighted by atomic mass is 9.88. The van der Waals surface area contributed by atoms with Crippen LogP contribution >= 0.6 is 0 Å². The van der Waals surface area contributed by atoms with Gasteiger partial charge < -0.3 is 14.7 Å². The highest BCUT2D eigenvalue weighted by Gasteiger charge is 2.62. The number of esters is 1. The number of rotatable bonds is 3. The van der Waals surface area contributed by atoms with E-state index in [-0.39, 0.29) is 5.39 Å². The standard InChI is InChI=1S/C16H16F3NO3/c1-20(2)13-9-8-12(10-6-4-5-7-11(10)13)15(22,14(21)23-3)16(17,18)19/h4-9,22H,1-3H3. The summed E-state index contributed by atoms with van der Waals surface area (Å²) in [6, 6.07) is 8.79. The van der Waals surface area contributed by atoms with Crippen LogP contribution in [-0.4, -0.2) is 38.5 Å². The molecule has 7 heteroatoms. The Kier molecular flexibility index (Phi) is 4.26. The van der Waals surface area contributed by atoms with Crippen molar-refractivity contribution in [2.75, 3.05) is 26.1 Å². The minimum Gasteiger partial charge on any atom is -0.466 e. The van der Waals surface area contributed by atoms with E-state index in [4.69, 9.17) is 0 Å². The SMILES string of the molecule is COC(=O)C(O)(c1ccc(N(C)C)c2ccccc12)C(F)(F)F. The summed E-state index contributed by atoms with van der Waals surface area (Å²) in [5, 5.41) is 10.8. The molecule has 0 aromatic heterocycles. The number of methoxy groups -OCH3 is 1.